The molecular weight excluding hydrogens is 208 g/mol. The molecule has 0 unspecified atom stereocenters. The molecule has 15 heavy (non-hydrogen) atoms. The van der Waals surface area contributed by atoms with E-state index in [-0.39, 0.29) is 0 Å². The highest BCUT2D eigenvalue weighted by Crippen LogP contribution is 2.24. The molecule has 3 rings (SSSR count). The first-order chi connectivity index (χ1) is 7.33. The van der Waals surface area contributed by atoms with Crippen molar-refractivity contribution in [1.82, 2.24) is 9.78 Å². The summed E-state index contributed by atoms with van der Waals surface area (Å²) in [5.74, 6) is 0. The monoisotopic (exact) mass is 218 g/mol. The van der Waals surface area contributed by atoms with E-state index in [2.05, 4.69) is 15.8 Å². The van der Waals surface area contributed by atoms with Crippen molar-refractivity contribution in [3.05, 3.63) is 41.0 Å². The summed E-state index contributed by atoms with van der Waals surface area (Å²) in [6.45, 7) is 1.06. The maximum Gasteiger partial charge on any atom is 0.0926 e. The van der Waals surface area contributed by atoms with Crippen LogP contribution in [0.15, 0.2) is 30.3 Å². The van der Waals surface area contributed by atoms with Gasteiger partial charge in [0.05, 0.1) is 5.69 Å². The van der Waals surface area contributed by atoms with Crippen molar-refractivity contribution in [2.24, 2.45) is 0 Å². The van der Waals surface area contributed by atoms with Crippen LogP contribution in [-0.4, -0.2) is 9.78 Å². The van der Waals surface area contributed by atoms with Crippen molar-refractivity contribution >= 4 is 11.6 Å². The Labute approximate surface area is 93.5 Å². The van der Waals surface area contributed by atoms with Crippen LogP contribution in [0.5, 0.6) is 0 Å². The fourth-order valence-corrected chi connectivity index (χ4v) is 2.15. The van der Waals surface area contributed by atoms with E-state index in [9.17, 15) is 0 Å². The summed E-state index contributed by atoms with van der Waals surface area (Å²) in [5.41, 5.74) is 3.54. The molecule has 1 aliphatic rings. The second-order valence-corrected chi connectivity index (χ2v) is 4.29. The highest BCUT2D eigenvalue weighted by Gasteiger charge is 2.13. The highest BCUT2D eigenvalue weighted by atomic mass is 35.5. The van der Waals surface area contributed by atoms with Crippen molar-refractivity contribution in [2.45, 2.75) is 19.4 Å². The van der Waals surface area contributed by atoms with Crippen LogP contribution in [0.25, 0.3) is 11.3 Å². The normalized spacial score (nSPS) is 14.2. The van der Waals surface area contributed by atoms with Crippen molar-refractivity contribution in [2.75, 3.05) is 0 Å². The number of aromatic nitrogens is 2. The van der Waals surface area contributed by atoms with Gasteiger partial charge in [-0.25, -0.2) is 0 Å². The van der Waals surface area contributed by atoms with Gasteiger partial charge in [-0.3, -0.25) is 4.68 Å². The van der Waals surface area contributed by atoms with E-state index in [1.165, 1.54) is 12.1 Å². The highest BCUT2D eigenvalue weighted by molar-refractivity contribution is 6.30. The summed E-state index contributed by atoms with van der Waals surface area (Å²) >= 11 is 5.85. The minimum Gasteiger partial charge on any atom is -0.269 e. The molecule has 0 atom stereocenters. The van der Waals surface area contributed by atoms with E-state index in [0.29, 0.717) is 0 Å². The van der Waals surface area contributed by atoms with E-state index < -0.39 is 0 Å². The smallest absolute Gasteiger partial charge is 0.0926 e. The lowest BCUT2D eigenvalue weighted by Crippen LogP contribution is -1.94. The van der Waals surface area contributed by atoms with Crippen LogP contribution < -0.4 is 0 Å². The third-order valence-corrected chi connectivity index (χ3v) is 3.06. The Morgan fingerprint density at radius 3 is 2.73 bits per heavy atom. The minimum absolute atomic E-state index is 0.769. The molecule has 1 aromatic carbocycles. The van der Waals surface area contributed by atoms with Crippen LogP contribution in [0.1, 0.15) is 12.1 Å². The van der Waals surface area contributed by atoms with Crippen LogP contribution in [0, 0.1) is 0 Å². The molecule has 2 heterocycles. The lowest BCUT2D eigenvalue weighted by Gasteiger charge is -1.96. The standard InChI is InChI=1S/C12H11ClN2/c13-10-5-3-9(4-6-10)12-8-11-2-1-7-15(11)14-12/h3-6,8H,1-2,7H2. The van der Waals surface area contributed by atoms with Crippen LogP contribution >= 0.6 is 11.6 Å². The fourth-order valence-electron chi connectivity index (χ4n) is 2.02. The first-order valence-corrected chi connectivity index (χ1v) is 5.53. The lowest BCUT2D eigenvalue weighted by atomic mass is 10.1. The third-order valence-electron chi connectivity index (χ3n) is 2.81. The Morgan fingerprint density at radius 2 is 2.00 bits per heavy atom. The average Bonchev–Trinajstić information content (AvgIpc) is 2.78. The third kappa shape index (κ3) is 1.55. The summed E-state index contributed by atoms with van der Waals surface area (Å²) < 4.78 is 2.10. The van der Waals surface area contributed by atoms with E-state index >= 15 is 0 Å². The Kier molecular flexibility index (Phi) is 2.03. The molecule has 0 saturated heterocycles. The number of halogens is 1. The largest absolute Gasteiger partial charge is 0.269 e. The molecule has 0 radical (unpaired) electrons. The molecule has 0 fully saturated rings. The summed E-state index contributed by atoms with van der Waals surface area (Å²) in [5, 5.41) is 5.33. The molecule has 1 aromatic heterocycles. The Bertz CT molecular complexity index is 463. The van der Waals surface area contributed by atoms with Gasteiger partial charge in [0, 0.05) is 22.8 Å². The maximum absolute atomic E-state index is 5.85. The van der Waals surface area contributed by atoms with E-state index in [4.69, 9.17) is 11.6 Å². The summed E-state index contributed by atoms with van der Waals surface area (Å²) in [6, 6.07) is 10.0. The summed E-state index contributed by atoms with van der Waals surface area (Å²) in [7, 11) is 0. The van der Waals surface area contributed by atoms with Gasteiger partial charge >= 0.3 is 0 Å². The summed E-state index contributed by atoms with van der Waals surface area (Å²) in [4.78, 5) is 0. The van der Waals surface area contributed by atoms with Gasteiger partial charge in [-0.15, -0.1) is 0 Å². The molecule has 0 saturated carbocycles. The number of hydrogen-bond acceptors (Lipinski definition) is 1. The number of aryl methyl sites for hydroxylation is 2. The zero-order valence-corrected chi connectivity index (χ0v) is 9.04. The predicted molar refractivity (Wildman–Crippen MR) is 61.0 cm³/mol. The molecule has 0 aliphatic carbocycles. The van der Waals surface area contributed by atoms with E-state index in [0.717, 1.165) is 29.2 Å². The van der Waals surface area contributed by atoms with Crippen molar-refractivity contribution in [3.63, 3.8) is 0 Å². The molecule has 3 heteroatoms. The summed E-state index contributed by atoms with van der Waals surface area (Å²) in [6.07, 6.45) is 2.38. The molecule has 0 amide bonds. The second kappa shape index (κ2) is 3.38. The number of hydrogen-bond donors (Lipinski definition) is 0. The van der Waals surface area contributed by atoms with Crippen LogP contribution in [-0.2, 0) is 13.0 Å². The number of nitrogens with zero attached hydrogens (tertiary/aromatic N) is 2. The van der Waals surface area contributed by atoms with Gasteiger partial charge in [0.15, 0.2) is 0 Å². The number of rotatable bonds is 1. The lowest BCUT2D eigenvalue weighted by molar-refractivity contribution is 0.659. The Morgan fingerprint density at radius 1 is 1.20 bits per heavy atom. The van der Waals surface area contributed by atoms with Crippen molar-refractivity contribution < 1.29 is 0 Å². The van der Waals surface area contributed by atoms with Gasteiger partial charge < -0.3 is 0 Å². The van der Waals surface area contributed by atoms with Crippen LogP contribution in [0.3, 0.4) is 0 Å². The molecule has 76 valence electrons. The Hall–Kier alpha value is -1.28. The molecule has 0 N–H and O–H groups in total. The van der Waals surface area contributed by atoms with Crippen molar-refractivity contribution in [1.29, 1.82) is 0 Å². The van der Waals surface area contributed by atoms with E-state index in [1.807, 2.05) is 24.3 Å². The predicted octanol–water partition coefficient (Wildman–Crippen LogP) is 3.15. The van der Waals surface area contributed by atoms with Gasteiger partial charge in [0.25, 0.3) is 0 Å². The number of fused-ring (bicyclic) bond motifs is 1. The quantitative estimate of drug-likeness (QED) is 0.719. The zero-order valence-electron chi connectivity index (χ0n) is 8.28. The minimum atomic E-state index is 0.769. The van der Waals surface area contributed by atoms with Gasteiger partial charge in [0.2, 0.25) is 0 Å². The van der Waals surface area contributed by atoms with Crippen LogP contribution in [0.2, 0.25) is 5.02 Å². The van der Waals surface area contributed by atoms with Crippen LogP contribution in [0.4, 0.5) is 0 Å². The molecular formula is C12H11ClN2. The van der Waals surface area contributed by atoms with Crippen molar-refractivity contribution in [3.8, 4) is 11.3 Å². The average molecular weight is 219 g/mol. The first-order valence-electron chi connectivity index (χ1n) is 5.15. The molecule has 2 aromatic rings. The van der Waals surface area contributed by atoms with Gasteiger partial charge in [-0.1, -0.05) is 23.7 Å². The Balaban J connectivity index is 2.02. The SMILES string of the molecule is Clc1ccc(-c2cc3n(n2)CCC3)cc1. The maximum atomic E-state index is 5.85. The molecule has 1 aliphatic heterocycles. The van der Waals surface area contributed by atoms with Gasteiger partial charge in [-0.2, -0.15) is 5.10 Å². The van der Waals surface area contributed by atoms with Gasteiger partial charge in [-0.05, 0) is 31.0 Å². The van der Waals surface area contributed by atoms with Gasteiger partial charge in [0.1, 0.15) is 0 Å². The second-order valence-electron chi connectivity index (χ2n) is 3.85. The first kappa shape index (κ1) is 8.98. The number of benzene rings is 1. The van der Waals surface area contributed by atoms with E-state index in [1.54, 1.807) is 0 Å². The molecule has 2 nitrogen and oxygen atoms in total. The molecule has 0 bridgehead atoms. The zero-order chi connectivity index (χ0) is 10.3. The fraction of sp³-hybridized carbons (Fsp3) is 0.250. The molecule has 0 spiro atoms. The topological polar surface area (TPSA) is 17.8 Å².